The highest BCUT2D eigenvalue weighted by atomic mass is 16.3. The van der Waals surface area contributed by atoms with Crippen molar-refractivity contribution in [2.75, 3.05) is 0 Å². The Hall–Kier alpha value is -1.45. The summed E-state index contributed by atoms with van der Waals surface area (Å²) in [6.45, 7) is 3.80. The third-order valence-corrected chi connectivity index (χ3v) is 4.00. The van der Waals surface area contributed by atoms with Crippen LogP contribution in [0.2, 0.25) is 0 Å². The monoisotopic (exact) mass is 259 g/mol. The molecule has 0 spiro atoms. The van der Waals surface area contributed by atoms with Gasteiger partial charge in [-0.05, 0) is 30.5 Å². The van der Waals surface area contributed by atoms with E-state index in [-0.39, 0.29) is 0 Å². The molecule has 0 amide bonds. The first kappa shape index (κ1) is 14.0. The van der Waals surface area contributed by atoms with E-state index in [2.05, 4.69) is 4.98 Å². The molecule has 0 aliphatic rings. The molecule has 1 atom stereocenters. The standard InChI is InChI=1S/C16H21NO2/c1-3-16(19,4-2)15(18)11-12-9-10-17-14-8-6-5-7-13(12)14/h5-10,15,18-19H,3-4,11H2,1-2H3. The summed E-state index contributed by atoms with van der Waals surface area (Å²) in [4.78, 5) is 4.31. The number of benzene rings is 1. The Morgan fingerprint density at radius 3 is 2.53 bits per heavy atom. The van der Waals surface area contributed by atoms with Crippen LogP contribution in [0, 0.1) is 0 Å². The number of aromatic nitrogens is 1. The Morgan fingerprint density at radius 1 is 1.16 bits per heavy atom. The van der Waals surface area contributed by atoms with Crippen molar-refractivity contribution in [1.29, 1.82) is 0 Å². The van der Waals surface area contributed by atoms with Crippen molar-refractivity contribution in [3.8, 4) is 0 Å². The molecular weight excluding hydrogens is 238 g/mol. The summed E-state index contributed by atoms with van der Waals surface area (Å²) in [5, 5.41) is 21.7. The number of pyridine rings is 1. The second-order valence-electron chi connectivity index (χ2n) is 5.02. The molecule has 102 valence electrons. The molecule has 0 radical (unpaired) electrons. The highest BCUT2D eigenvalue weighted by Gasteiger charge is 2.32. The zero-order valence-corrected chi connectivity index (χ0v) is 11.5. The van der Waals surface area contributed by atoms with Gasteiger partial charge in [-0.2, -0.15) is 0 Å². The minimum atomic E-state index is -1.01. The van der Waals surface area contributed by atoms with Crippen LogP contribution in [-0.2, 0) is 6.42 Å². The minimum Gasteiger partial charge on any atom is -0.390 e. The van der Waals surface area contributed by atoms with Gasteiger partial charge in [-0.15, -0.1) is 0 Å². The molecule has 1 aromatic heterocycles. The average molecular weight is 259 g/mol. The van der Waals surface area contributed by atoms with Gasteiger partial charge in [0.05, 0.1) is 17.2 Å². The molecule has 1 unspecified atom stereocenters. The molecule has 1 aromatic carbocycles. The Kier molecular flexibility index (Phi) is 4.17. The van der Waals surface area contributed by atoms with Crippen molar-refractivity contribution in [1.82, 2.24) is 4.98 Å². The number of rotatable bonds is 5. The van der Waals surface area contributed by atoms with Gasteiger partial charge in [0.15, 0.2) is 0 Å². The quantitative estimate of drug-likeness (QED) is 0.868. The van der Waals surface area contributed by atoms with Gasteiger partial charge in [0.2, 0.25) is 0 Å². The van der Waals surface area contributed by atoms with Gasteiger partial charge in [-0.1, -0.05) is 32.0 Å². The van der Waals surface area contributed by atoms with E-state index in [4.69, 9.17) is 0 Å². The molecule has 2 aromatic rings. The molecule has 0 fully saturated rings. The smallest absolute Gasteiger partial charge is 0.0903 e. The zero-order chi connectivity index (χ0) is 13.9. The van der Waals surface area contributed by atoms with Crippen LogP contribution < -0.4 is 0 Å². The summed E-state index contributed by atoms with van der Waals surface area (Å²) in [6, 6.07) is 9.78. The van der Waals surface area contributed by atoms with Crippen molar-refractivity contribution in [2.24, 2.45) is 0 Å². The molecule has 2 rings (SSSR count). The van der Waals surface area contributed by atoms with Crippen LogP contribution in [0.3, 0.4) is 0 Å². The van der Waals surface area contributed by atoms with Crippen molar-refractivity contribution in [3.05, 3.63) is 42.1 Å². The summed E-state index contributed by atoms with van der Waals surface area (Å²) < 4.78 is 0. The largest absolute Gasteiger partial charge is 0.390 e. The fourth-order valence-electron chi connectivity index (χ4n) is 2.45. The lowest BCUT2D eigenvalue weighted by molar-refractivity contribution is -0.0789. The van der Waals surface area contributed by atoms with Crippen LogP contribution in [0.4, 0.5) is 0 Å². The fourth-order valence-corrected chi connectivity index (χ4v) is 2.45. The summed E-state index contributed by atoms with van der Waals surface area (Å²) in [6.07, 6.45) is 2.54. The highest BCUT2D eigenvalue weighted by Crippen LogP contribution is 2.25. The first-order chi connectivity index (χ1) is 9.10. The second kappa shape index (κ2) is 5.68. The molecule has 1 heterocycles. The number of hydrogen-bond donors (Lipinski definition) is 2. The van der Waals surface area contributed by atoms with Gasteiger partial charge in [0, 0.05) is 18.0 Å². The number of fused-ring (bicyclic) bond motifs is 1. The molecular formula is C16H21NO2. The molecule has 0 aliphatic carbocycles. The van der Waals surface area contributed by atoms with E-state index < -0.39 is 11.7 Å². The van der Waals surface area contributed by atoms with Gasteiger partial charge in [-0.3, -0.25) is 4.98 Å². The van der Waals surface area contributed by atoms with Gasteiger partial charge in [0.1, 0.15) is 0 Å². The molecule has 19 heavy (non-hydrogen) atoms. The number of hydrogen-bond acceptors (Lipinski definition) is 3. The maximum absolute atomic E-state index is 10.4. The van der Waals surface area contributed by atoms with Crippen molar-refractivity contribution >= 4 is 10.9 Å². The lowest BCUT2D eigenvalue weighted by atomic mass is 9.86. The highest BCUT2D eigenvalue weighted by molar-refractivity contribution is 5.81. The second-order valence-corrected chi connectivity index (χ2v) is 5.02. The summed E-state index contributed by atoms with van der Waals surface area (Å²) >= 11 is 0. The van der Waals surface area contributed by atoms with E-state index in [1.54, 1.807) is 6.20 Å². The van der Waals surface area contributed by atoms with Gasteiger partial charge >= 0.3 is 0 Å². The van der Waals surface area contributed by atoms with Crippen LogP contribution in [0.25, 0.3) is 10.9 Å². The maximum Gasteiger partial charge on any atom is 0.0903 e. The first-order valence-electron chi connectivity index (χ1n) is 6.83. The summed E-state index contributed by atoms with van der Waals surface area (Å²) in [5.41, 5.74) is 0.937. The predicted octanol–water partition coefficient (Wildman–Crippen LogP) is 2.69. The van der Waals surface area contributed by atoms with Crippen LogP contribution in [0.5, 0.6) is 0 Å². The Balaban J connectivity index is 2.31. The Morgan fingerprint density at radius 2 is 1.84 bits per heavy atom. The average Bonchev–Trinajstić information content (AvgIpc) is 2.46. The van der Waals surface area contributed by atoms with Crippen molar-refractivity contribution < 1.29 is 10.2 Å². The Bertz CT molecular complexity index is 544. The maximum atomic E-state index is 10.4. The summed E-state index contributed by atoms with van der Waals surface area (Å²) in [7, 11) is 0. The SMILES string of the molecule is CCC(O)(CC)C(O)Cc1ccnc2ccccc12. The number of aliphatic hydroxyl groups excluding tert-OH is 1. The van der Waals surface area contributed by atoms with E-state index in [0.29, 0.717) is 19.3 Å². The third-order valence-electron chi connectivity index (χ3n) is 4.00. The van der Waals surface area contributed by atoms with Gasteiger partial charge in [-0.25, -0.2) is 0 Å². The van der Waals surface area contributed by atoms with E-state index in [0.717, 1.165) is 16.5 Å². The summed E-state index contributed by atoms with van der Waals surface area (Å²) in [5.74, 6) is 0. The first-order valence-corrected chi connectivity index (χ1v) is 6.83. The van der Waals surface area contributed by atoms with Crippen LogP contribution in [0.15, 0.2) is 36.5 Å². The number of para-hydroxylation sites is 1. The van der Waals surface area contributed by atoms with Crippen molar-refractivity contribution in [3.63, 3.8) is 0 Å². The van der Waals surface area contributed by atoms with Gasteiger partial charge < -0.3 is 10.2 Å². The topological polar surface area (TPSA) is 53.4 Å². The predicted molar refractivity (Wildman–Crippen MR) is 77.0 cm³/mol. The molecule has 0 aliphatic heterocycles. The molecule has 0 bridgehead atoms. The number of aliphatic hydroxyl groups is 2. The lowest BCUT2D eigenvalue weighted by Crippen LogP contribution is -2.42. The molecule has 3 nitrogen and oxygen atoms in total. The van der Waals surface area contributed by atoms with Crippen molar-refractivity contribution in [2.45, 2.75) is 44.8 Å². The van der Waals surface area contributed by atoms with Crippen LogP contribution >= 0.6 is 0 Å². The normalized spacial score (nSPS) is 13.7. The van der Waals surface area contributed by atoms with Gasteiger partial charge in [0.25, 0.3) is 0 Å². The van der Waals surface area contributed by atoms with Crippen LogP contribution in [0.1, 0.15) is 32.3 Å². The molecule has 0 saturated heterocycles. The minimum absolute atomic E-state index is 0.446. The van der Waals surface area contributed by atoms with E-state index in [1.807, 2.05) is 44.2 Å². The zero-order valence-electron chi connectivity index (χ0n) is 11.5. The lowest BCUT2D eigenvalue weighted by Gasteiger charge is -2.31. The molecule has 2 N–H and O–H groups in total. The third kappa shape index (κ3) is 2.77. The number of nitrogens with zero attached hydrogens (tertiary/aromatic N) is 1. The van der Waals surface area contributed by atoms with Crippen LogP contribution in [-0.4, -0.2) is 26.9 Å². The molecule has 0 saturated carbocycles. The fraction of sp³-hybridized carbons (Fsp3) is 0.438. The molecule has 3 heteroatoms. The Labute approximate surface area is 113 Å². The van der Waals surface area contributed by atoms with E-state index in [1.165, 1.54) is 0 Å². The van der Waals surface area contributed by atoms with E-state index >= 15 is 0 Å². The van der Waals surface area contributed by atoms with E-state index in [9.17, 15) is 10.2 Å².